The molecule has 0 aromatic rings. The minimum absolute atomic E-state index is 0.0201. The first-order valence-electron chi connectivity index (χ1n) is 1.20. The van der Waals surface area contributed by atoms with Crippen molar-refractivity contribution in [2.75, 3.05) is 5.88 Å². The van der Waals surface area contributed by atoms with Crippen molar-refractivity contribution < 1.29 is 5.11 Å². The van der Waals surface area contributed by atoms with Crippen molar-refractivity contribution in [2.24, 2.45) is 0 Å². The van der Waals surface area contributed by atoms with E-state index in [1.165, 1.54) is 0 Å². The normalized spacial score (nSPS) is 7.40. The molecule has 0 aliphatic heterocycles. The lowest BCUT2D eigenvalue weighted by Crippen LogP contribution is -1.72. The summed E-state index contributed by atoms with van der Waals surface area (Å²) in [5.41, 5.74) is 0. The van der Waals surface area contributed by atoms with Gasteiger partial charge < -0.3 is 5.11 Å². The summed E-state index contributed by atoms with van der Waals surface area (Å²) in [4.78, 5) is 0. The summed E-state index contributed by atoms with van der Waals surface area (Å²) in [5.74, 6) is 0.159. The smallest absolute Gasteiger partial charge is 0.0998 e. The molecule has 0 atom stereocenters. The Balaban J connectivity index is 2.85. The van der Waals surface area contributed by atoms with Crippen LogP contribution in [0.5, 0.6) is 0 Å². The van der Waals surface area contributed by atoms with Gasteiger partial charge >= 0.3 is 0 Å². The van der Waals surface area contributed by atoms with Gasteiger partial charge in [-0.15, -0.1) is 11.6 Å². The van der Waals surface area contributed by atoms with E-state index in [0.29, 0.717) is 0 Å². The molecule has 1 nitrogen and oxygen atoms in total. The van der Waals surface area contributed by atoms with E-state index in [-0.39, 0.29) is 11.6 Å². The Morgan fingerprint density at radius 1 is 2.00 bits per heavy atom. The second kappa shape index (κ2) is 2.09. The molecule has 0 aromatic carbocycles. The SMILES string of the molecule is C=C(O)CCl. The number of allylic oxidation sites excluding steroid dienone is 1. The number of alkyl halides is 1. The molecular weight excluding hydrogens is 87.5 g/mol. The molecule has 0 fully saturated rings. The molecule has 0 aromatic heterocycles. The largest absolute Gasteiger partial charge is 0.512 e. The molecule has 0 rings (SSSR count). The van der Waals surface area contributed by atoms with E-state index < -0.39 is 0 Å². The second-order valence-corrected chi connectivity index (χ2v) is 0.967. The Bertz CT molecular complexity index is 42.2. The third-order valence-corrected chi connectivity index (χ3v) is 0.463. The second-order valence-electron chi connectivity index (χ2n) is 0.700. The summed E-state index contributed by atoms with van der Waals surface area (Å²) in [6.07, 6.45) is 0. The highest BCUT2D eigenvalue weighted by Gasteiger charge is 1.73. The van der Waals surface area contributed by atoms with Gasteiger partial charge in [-0.05, 0) is 0 Å². The number of aliphatic hydroxyl groups is 1. The summed E-state index contributed by atoms with van der Waals surface area (Å²) < 4.78 is 0. The predicted molar refractivity (Wildman–Crippen MR) is 22.5 cm³/mol. The molecule has 0 saturated carbocycles. The van der Waals surface area contributed by atoms with E-state index in [1.54, 1.807) is 0 Å². The van der Waals surface area contributed by atoms with Gasteiger partial charge in [-0.1, -0.05) is 6.58 Å². The highest BCUT2D eigenvalue weighted by Crippen LogP contribution is 1.82. The van der Waals surface area contributed by atoms with Crippen molar-refractivity contribution in [3.05, 3.63) is 12.3 Å². The van der Waals surface area contributed by atoms with E-state index in [0.717, 1.165) is 0 Å². The average Bonchev–Trinajstić information content (AvgIpc) is 1.38. The fraction of sp³-hybridized carbons (Fsp3) is 0.333. The molecule has 0 aliphatic carbocycles. The van der Waals surface area contributed by atoms with Crippen molar-refractivity contribution >= 4 is 11.6 Å². The number of hydrogen-bond donors (Lipinski definition) is 1. The zero-order chi connectivity index (χ0) is 4.28. The summed E-state index contributed by atoms with van der Waals surface area (Å²) in [6, 6.07) is 0. The van der Waals surface area contributed by atoms with Crippen LogP contribution in [-0.2, 0) is 0 Å². The van der Waals surface area contributed by atoms with Crippen LogP contribution < -0.4 is 0 Å². The fourth-order valence-corrected chi connectivity index (χ4v) is 0. The van der Waals surface area contributed by atoms with Crippen LogP contribution in [0.2, 0.25) is 0 Å². The molecule has 0 spiro atoms. The topological polar surface area (TPSA) is 20.2 Å². The molecule has 5 heavy (non-hydrogen) atoms. The number of hydrogen-bond acceptors (Lipinski definition) is 1. The fourth-order valence-electron chi connectivity index (χ4n) is 0. The third-order valence-electron chi connectivity index (χ3n) is 0.154. The summed E-state index contributed by atoms with van der Waals surface area (Å²) >= 11 is 4.99. The van der Waals surface area contributed by atoms with Crippen molar-refractivity contribution in [2.45, 2.75) is 0 Å². The number of aliphatic hydroxyl groups excluding tert-OH is 1. The van der Waals surface area contributed by atoms with E-state index in [2.05, 4.69) is 6.58 Å². The first kappa shape index (κ1) is 4.83. The lowest BCUT2D eigenvalue weighted by molar-refractivity contribution is 0.419. The highest BCUT2D eigenvalue weighted by molar-refractivity contribution is 6.19. The van der Waals surface area contributed by atoms with Crippen LogP contribution in [0.3, 0.4) is 0 Å². The zero-order valence-electron chi connectivity index (χ0n) is 2.74. The maximum absolute atomic E-state index is 8.03. The molecular formula is C3H5ClO. The van der Waals surface area contributed by atoms with Gasteiger partial charge in [-0.2, -0.15) is 0 Å². The Kier molecular flexibility index (Phi) is 2.02. The monoisotopic (exact) mass is 92.0 g/mol. The van der Waals surface area contributed by atoms with Crippen LogP contribution in [-0.4, -0.2) is 11.0 Å². The Hall–Kier alpha value is -0.170. The van der Waals surface area contributed by atoms with Crippen molar-refractivity contribution in [1.82, 2.24) is 0 Å². The first-order valence-corrected chi connectivity index (χ1v) is 1.73. The molecule has 0 heterocycles. The van der Waals surface area contributed by atoms with Crippen LogP contribution in [0.25, 0.3) is 0 Å². The molecule has 0 radical (unpaired) electrons. The van der Waals surface area contributed by atoms with E-state index in [1.807, 2.05) is 0 Å². The van der Waals surface area contributed by atoms with Gasteiger partial charge in [-0.25, -0.2) is 0 Å². The van der Waals surface area contributed by atoms with Gasteiger partial charge in [0.15, 0.2) is 0 Å². The molecule has 1 N–H and O–H groups in total. The van der Waals surface area contributed by atoms with E-state index in [4.69, 9.17) is 16.7 Å². The molecule has 30 valence electrons. The average molecular weight is 92.5 g/mol. The van der Waals surface area contributed by atoms with Gasteiger partial charge in [0.25, 0.3) is 0 Å². The van der Waals surface area contributed by atoms with Gasteiger partial charge in [0.1, 0.15) is 0 Å². The van der Waals surface area contributed by atoms with Crippen molar-refractivity contribution in [1.29, 1.82) is 0 Å². The first-order chi connectivity index (χ1) is 2.27. The maximum atomic E-state index is 8.03. The minimum atomic E-state index is 0.0201. The number of halogens is 1. The molecule has 2 heteroatoms. The minimum Gasteiger partial charge on any atom is -0.512 e. The van der Waals surface area contributed by atoms with Crippen molar-refractivity contribution in [3.63, 3.8) is 0 Å². The van der Waals surface area contributed by atoms with Gasteiger partial charge in [0, 0.05) is 0 Å². The van der Waals surface area contributed by atoms with Crippen LogP contribution in [0, 0.1) is 0 Å². The summed E-state index contributed by atoms with van der Waals surface area (Å²) in [5, 5.41) is 8.03. The zero-order valence-corrected chi connectivity index (χ0v) is 3.50. The molecule has 0 saturated heterocycles. The molecule has 0 amide bonds. The van der Waals surface area contributed by atoms with E-state index >= 15 is 0 Å². The Morgan fingerprint density at radius 2 is 2.20 bits per heavy atom. The van der Waals surface area contributed by atoms with Gasteiger partial charge in [-0.3, -0.25) is 0 Å². The lowest BCUT2D eigenvalue weighted by atomic mass is 10.7. The summed E-state index contributed by atoms with van der Waals surface area (Å²) in [6.45, 7) is 3.10. The summed E-state index contributed by atoms with van der Waals surface area (Å²) in [7, 11) is 0. The number of rotatable bonds is 1. The van der Waals surface area contributed by atoms with E-state index in [9.17, 15) is 0 Å². The van der Waals surface area contributed by atoms with Crippen LogP contribution in [0.4, 0.5) is 0 Å². The van der Waals surface area contributed by atoms with Crippen molar-refractivity contribution in [3.8, 4) is 0 Å². The van der Waals surface area contributed by atoms with Gasteiger partial charge in [0.05, 0.1) is 11.6 Å². The third kappa shape index (κ3) is 3.83. The Labute approximate surface area is 35.9 Å². The van der Waals surface area contributed by atoms with Crippen LogP contribution in [0.1, 0.15) is 0 Å². The highest BCUT2D eigenvalue weighted by atomic mass is 35.5. The molecule has 0 unspecified atom stereocenters. The standard InChI is InChI=1S/C3H5ClO/c1-3(5)2-4/h5H,1-2H2. The van der Waals surface area contributed by atoms with Crippen LogP contribution in [0.15, 0.2) is 12.3 Å². The maximum Gasteiger partial charge on any atom is 0.0998 e. The van der Waals surface area contributed by atoms with Gasteiger partial charge in [0.2, 0.25) is 0 Å². The molecule has 0 bridgehead atoms. The predicted octanol–water partition coefficient (Wildman–Crippen LogP) is 1.30. The Morgan fingerprint density at radius 3 is 2.20 bits per heavy atom. The molecule has 0 aliphatic rings. The lowest BCUT2D eigenvalue weighted by Gasteiger charge is -1.78. The quantitative estimate of drug-likeness (QED) is 0.382. The van der Waals surface area contributed by atoms with Crippen LogP contribution >= 0.6 is 11.6 Å².